The minimum absolute atomic E-state index is 0.0530. The second-order valence-electron chi connectivity index (χ2n) is 4.80. The molecule has 0 unspecified atom stereocenters. The van der Waals surface area contributed by atoms with E-state index in [4.69, 9.17) is 9.47 Å². The molecule has 9 heteroatoms. The summed E-state index contributed by atoms with van der Waals surface area (Å²) in [6.07, 6.45) is 0. The maximum absolute atomic E-state index is 12.3. The number of nitrogens with zero attached hydrogens (tertiary/aromatic N) is 3. The Hall–Kier alpha value is -2.26. The van der Waals surface area contributed by atoms with Crippen molar-refractivity contribution in [3.63, 3.8) is 0 Å². The number of sulfonamides is 1. The predicted octanol–water partition coefficient (Wildman–Crippen LogP) is 0.984. The van der Waals surface area contributed by atoms with Crippen molar-refractivity contribution in [3.05, 3.63) is 35.2 Å². The third-order valence-electron chi connectivity index (χ3n) is 3.21. The minimum Gasteiger partial charge on any atom is -0.467 e. The fourth-order valence-corrected chi connectivity index (χ4v) is 2.83. The molecule has 8 nitrogen and oxygen atoms in total. The van der Waals surface area contributed by atoms with Gasteiger partial charge < -0.3 is 9.47 Å². The van der Waals surface area contributed by atoms with Gasteiger partial charge in [0.05, 0.1) is 25.7 Å². The molecule has 0 amide bonds. The zero-order valence-corrected chi connectivity index (χ0v) is 14.1. The molecule has 2 aromatic rings. The van der Waals surface area contributed by atoms with E-state index in [0.717, 1.165) is 11.1 Å². The van der Waals surface area contributed by atoms with Crippen LogP contribution in [0.3, 0.4) is 0 Å². The Labute approximate surface area is 135 Å². The lowest BCUT2D eigenvalue weighted by molar-refractivity contribution is 0.336. The van der Waals surface area contributed by atoms with Crippen molar-refractivity contribution in [2.45, 2.75) is 25.3 Å². The van der Waals surface area contributed by atoms with E-state index in [1.807, 2.05) is 13.8 Å². The Morgan fingerprint density at radius 3 is 2.13 bits per heavy atom. The number of ether oxygens (including phenoxy) is 2. The van der Waals surface area contributed by atoms with Crippen LogP contribution in [0.5, 0.6) is 12.0 Å². The third kappa shape index (κ3) is 4.14. The Balaban J connectivity index is 2.20. The van der Waals surface area contributed by atoms with E-state index in [1.165, 1.54) is 14.2 Å². The Morgan fingerprint density at radius 1 is 1.00 bits per heavy atom. The largest absolute Gasteiger partial charge is 0.467 e. The summed E-state index contributed by atoms with van der Waals surface area (Å²) >= 11 is 0. The Morgan fingerprint density at radius 2 is 1.61 bits per heavy atom. The SMILES string of the molecule is COc1nc(CNS(=O)(=O)c2ccc(C)c(C)c2)nc(OC)n1. The first-order chi connectivity index (χ1) is 10.9. The standard InChI is InChI=1S/C14H18N4O4S/c1-9-5-6-11(7-10(9)2)23(19,20)15-8-12-16-13(21-3)18-14(17-12)22-4/h5-7,15H,8H2,1-4H3. The fraction of sp³-hybridized carbons (Fsp3) is 0.357. The molecular formula is C14H18N4O4S. The summed E-state index contributed by atoms with van der Waals surface area (Å²) < 4.78 is 37.0. The number of hydrogen-bond donors (Lipinski definition) is 1. The molecule has 0 radical (unpaired) electrons. The number of benzene rings is 1. The van der Waals surface area contributed by atoms with Gasteiger partial charge in [-0.1, -0.05) is 6.07 Å². The lowest BCUT2D eigenvalue weighted by atomic mass is 10.1. The average molecular weight is 338 g/mol. The van der Waals surface area contributed by atoms with E-state index < -0.39 is 10.0 Å². The number of nitrogens with one attached hydrogen (secondary N) is 1. The predicted molar refractivity (Wildman–Crippen MR) is 82.9 cm³/mol. The second kappa shape index (κ2) is 6.88. The molecule has 1 aromatic heterocycles. The molecule has 124 valence electrons. The molecule has 0 aliphatic heterocycles. The van der Waals surface area contributed by atoms with Gasteiger partial charge in [0.1, 0.15) is 0 Å². The summed E-state index contributed by atoms with van der Waals surface area (Å²) in [4.78, 5) is 12.0. The van der Waals surface area contributed by atoms with Crippen LogP contribution in [0.4, 0.5) is 0 Å². The van der Waals surface area contributed by atoms with Crippen LogP contribution in [0.1, 0.15) is 17.0 Å². The van der Waals surface area contributed by atoms with E-state index in [0.29, 0.717) is 0 Å². The van der Waals surface area contributed by atoms with Gasteiger partial charge in [-0.2, -0.15) is 9.97 Å². The Bertz CT molecular complexity index is 786. The van der Waals surface area contributed by atoms with Crippen LogP contribution in [-0.4, -0.2) is 37.6 Å². The monoisotopic (exact) mass is 338 g/mol. The third-order valence-corrected chi connectivity index (χ3v) is 4.61. The zero-order chi connectivity index (χ0) is 17.0. The number of aryl methyl sites for hydroxylation is 2. The summed E-state index contributed by atoms with van der Waals surface area (Å²) in [5, 5.41) is 0. The minimum atomic E-state index is -3.67. The molecule has 0 saturated carbocycles. The van der Waals surface area contributed by atoms with E-state index in [1.54, 1.807) is 18.2 Å². The number of aromatic nitrogens is 3. The lowest BCUT2D eigenvalue weighted by Crippen LogP contribution is -2.24. The van der Waals surface area contributed by atoms with Crippen LogP contribution in [0.25, 0.3) is 0 Å². The lowest BCUT2D eigenvalue weighted by Gasteiger charge is -2.09. The summed E-state index contributed by atoms with van der Waals surface area (Å²) in [5.74, 6) is 0.195. The molecule has 0 fully saturated rings. The summed E-state index contributed by atoms with van der Waals surface area (Å²) in [7, 11) is -0.868. The molecule has 0 aliphatic carbocycles. The molecule has 0 bridgehead atoms. The smallest absolute Gasteiger partial charge is 0.322 e. The van der Waals surface area contributed by atoms with Gasteiger partial charge in [0.15, 0.2) is 5.82 Å². The van der Waals surface area contributed by atoms with Crippen molar-refractivity contribution >= 4 is 10.0 Å². The Kier molecular flexibility index (Phi) is 5.12. The first kappa shape index (κ1) is 17.1. The highest BCUT2D eigenvalue weighted by molar-refractivity contribution is 7.89. The normalized spacial score (nSPS) is 11.3. The van der Waals surface area contributed by atoms with Crippen molar-refractivity contribution in [2.75, 3.05) is 14.2 Å². The number of hydrogen-bond acceptors (Lipinski definition) is 7. The number of rotatable bonds is 6. The molecule has 0 saturated heterocycles. The molecule has 0 spiro atoms. The van der Waals surface area contributed by atoms with Gasteiger partial charge >= 0.3 is 12.0 Å². The maximum atomic E-state index is 12.3. The van der Waals surface area contributed by atoms with Crippen molar-refractivity contribution in [1.82, 2.24) is 19.7 Å². The van der Waals surface area contributed by atoms with E-state index in [2.05, 4.69) is 19.7 Å². The fourth-order valence-electron chi connectivity index (χ4n) is 1.76. The highest BCUT2D eigenvalue weighted by Crippen LogP contribution is 2.15. The van der Waals surface area contributed by atoms with Gasteiger partial charge in [0, 0.05) is 0 Å². The van der Waals surface area contributed by atoms with Gasteiger partial charge in [-0.15, -0.1) is 4.98 Å². The van der Waals surface area contributed by atoms with Crippen molar-refractivity contribution in [1.29, 1.82) is 0 Å². The molecule has 0 aliphatic rings. The summed E-state index contributed by atoms with van der Waals surface area (Å²) in [6, 6.07) is 5.04. The van der Waals surface area contributed by atoms with Crippen LogP contribution in [0.15, 0.2) is 23.1 Å². The van der Waals surface area contributed by atoms with E-state index >= 15 is 0 Å². The first-order valence-electron chi connectivity index (χ1n) is 6.75. The van der Waals surface area contributed by atoms with Gasteiger partial charge in [0.2, 0.25) is 10.0 Å². The quantitative estimate of drug-likeness (QED) is 0.837. The molecule has 0 atom stereocenters. The van der Waals surface area contributed by atoms with Gasteiger partial charge in [-0.25, -0.2) is 13.1 Å². The molecule has 23 heavy (non-hydrogen) atoms. The van der Waals surface area contributed by atoms with E-state index in [9.17, 15) is 8.42 Å². The highest BCUT2D eigenvalue weighted by atomic mass is 32.2. The van der Waals surface area contributed by atoms with Gasteiger partial charge in [-0.3, -0.25) is 0 Å². The average Bonchev–Trinajstić information content (AvgIpc) is 2.55. The number of methoxy groups -OCH3 is 2. The van der Waals surface area contributed by atoms with E-state index in [-0.39, 0.29) is 29.3 Å². The molecule has 1 aromatic carbocycles. The molecule has 1 N–H and O–H groups in total. The second-order valence-corrected chi connectivity index (χ2v) is 6.56. The molecule has 1 heterocycles. The van der Waals surface area contributed by atoms with Gasteiger partial charge in [-0.05, 0) is 37.1 Å². The first-order valence-corrected chi connectivity index (χ1v) is 8.24. The van der Waals surface area contributed by atoms with Crippen molar-refractivity contribution in [2.24, 2.45) is 0 Å². The molecular weight excluding hydrogens is 320 g/mol. The van der Waals surface area contributed by atoms with Crippen molar-refractivity contribution < 1.29 is 17.9 Å². The highest BCUT2D eigenvalue weighted by Gasteiger charge is 2.16. The summed E-state index contributed by atoms with van der Waals surface area (Å²) in [5.41, 5.74) is 1.92. The van der Waals surface area contributed by atoms with Crippen LogP contribution >= 0.6 is 0 Å². The van der Waals surface area contributed by atoms with Crippen LogP contribution in [-0.2, 0) is 16.6 Å². The van der Waals surface area contributed by atoms with Crippen LogP contribution in [0.2, 0.25) is 0 Å². The topological polar surface area (TPSA) is 103 Å². The maximum Gasteiger partial charge on any atom is 0.322 e. The zero-order valence-electron chi connectivity index (χ0n) is 13.3. The van der Waals surface area contributed by atoms with Crippen molar-refractivity contribution in [3.8, 4) is 12.0 Å². The van der Waals surface area contributed by atoms with Crippen LogP contribution < -0.4 is 14.2 Å². The summed E-state index contributed by atoms with van der Waals surface area (Å²) in [6.45, 7) is 3.67. The molecule has 2 rings (SSSR count). The van der Waals surface area contributed by atoms with Crippen LogP contribution in [0, 0.1) is 13.8 Å². The van der Waals surface area contributed by atoms with Gasteiger partial charge in [0.25, 0.3) is 0 Å².